The molecule has 1 atom stereocenters. The fourth-order valence-electron chi connectivity index (χ4n) is 3.31. The molecule has 2 aliphatic heterocycles. The lowest BCUT2D eigenvalue weighted by Crippen LogP contribution is -2.47. The van der Waals surface area contributed by atoms with Gasteiger partial charge in [-0.3, -0.25) is 14.5 Å². The lowest BCUT2D eigenvalue weighted by Gasteiger charge is -2.35. The van der Waals surface area contributed by atoms with Gasteiger partial charge in [-0.2, -0.15) is 0 Å². The molecule has 2 aliphatic rings. The minimum absolute atomic E-state index is 0.191. The van der Waals surface area contributed by atoms with Gasteiger partial charge in [0.05, 0.1) is 13.2 Å². The lowest BCUT2D eigenvalue weighted by molar-refractivity contribution is -0.134. The first-order chi connectivity index (χ1) is 10.6. The van der Waals surface area contributed by atoms with Gasteiger partial charge in [0.15, 0.2) is 0 Å². The number of ether oxygens (including phenoxy) is 1. The minimum atomic E-state index is 0.191. The Morgan fingerprint density at radius 3 is 2.86 bits per heavy atom. The zero-order valence-electron chi connectivity index (χ0n) is 13.9. The Bertz CT molecular complexity index is 389. The number of likely N-dealkylation sites (tertiary alicyclic amines) is 2. The highest BCUT2D eigenvalue weighted by atomic mass is 16.5. The van der Waals surface area contributed by atoms with E-state index < -0.39 is 0 Å². The van der Waals surface area contributed by atoms with Gasteiger partial charge in [0.25, 0.3) is 0 Å². The van der Waals surface area contributed by atoms with Crippen LogP contribution in [0.5, 0.6) is 0 Å². The molecule has 0 aromatic rings. The van der Waals surface area contributed by atoms with Crippen LogP contribution in [0.3, 0.4) is 0 Å². The quantitative estimate of drug-likeness (QED) is 0.684. The van der Waals surface area contributed by atoms with Crippen molar-refractivity contribution >= 4 is 11.8 Å². The molecule has 0 saturated carbocycles. The van der Waals surface area contributed by atoms with Gasteiger partial charge in [0, 0.05) is 46.3 Å². The Morgan fingerprint density at radius 1 is 1.36 bits per heavy atom. The second-order valence-corrected chi connectivity index (χ2v) is 6.52. The first-order valence-electron chi connectivity index (χ1n) is 8.33. The van der Waals surface area contributed by atoms with Crippen LogP contribution in [0.25, 0.3) is 0 Å². The fraction of sp³-hybridized carbons (Fsp3) is 0.875. The Morgan fingerprint density at radius 2 is 2.18 bits per heavy atom. The largest absolute Gasteiger partial charge is 0.383 e. The molecule has 2 heterocycles. The van der Waals surface area contributed by atoms with Crippen molar-refractivity contribution in [1.82, 2.24) is 14.7 Å². The number of hydrogen-bond donors (Lipinski definition) is 0. The van der Waals surface area contributed by atoms with Crippen LogP contribution < -0.4 is 0 Å². The minimum Gasteiger partial charge on any atom is -0.383 e. The highest BCUT2D eigenvalue weighted by molar-refractivity contribution is 5.79. The first kappa shape index (κ1) is 17.2. The summed E-state index contributed by atoms with van der Waals surface area (Å²) in [6.45, 7) is 5.21. The Kier molecular flexibility index (Phi) is 6.64. The molecule has 0 N–H and O–H groups in total. The number of likely N-dealkylation sites (N-methyl/N-ethyl adjacent to an activating group) is 1. The van der Waals surface area contributed by atoms with Crippen LogP contribution in [0.1, 0.15) is 25.7 Å². The number of rotatable bonds is 7. The number of amides is 2. The molecule has 2 saturated heterocycles. The zero-order chi connectivity index (χ0) is 15.9. The fourth-order valence-corrected chi connectivity index (χ4v) is 3.31. The van der Waals surface area contributed by atoms with Gasteiger partial charge in [-0.05, 0) is 32.2 Å². The molecule has 0 aromatic carbocycles. The zero-order valence-corrected chi connectivity index (χ0v) is 13.9. The Labute approximate surface area is 133 Å². The molecule has 2 amide bonds. The van der Waals surface area contributed by atoms with E-state index in [4.69, 9.17) is 4.74 Å². The lowest BCUT2D eigenvalue weighted by atomic mass is 9.97. The average Bonchev–Trinajstić information content (AvgIpc) is 2.90. The van der Waals surface area contributed by atoms with Gasteiger partial charge < -0.3 is 14.5 Å². The molecule has 6 nitrogen and oxygen atoms in total. The smallest absolute Gasteiger partial charge is 0.236 e. The summed E-state index contributed by atoms with van der Waals surface area (Å²) in [6.07, 6.45) is 3.84. The summed E-state index contributed by atoms with van der Waals surface area (Å²) in [6, 6.07) is 0. The number of carbonyl (C=O) groups excluding carboxylic acids is 2. The second kappa shape index (κ2) is 8.48. The molecule has 0 aromatic heterocycles. The van der Waals surface area contributed by atoms with Gasteiger partial charge in [-0.15, -0.1) is 0 Å². The number of methoxy groups -OCH3 is 1. The van der Waals surface area contributed by atoms with Crippen molar-refractivity contribution in [2.45, 2.75) is 25.7 Å². The van der Waals surface area contributed by atoms with E-state index in [1.54, 1.807) is 7.11 Å². The van der Waals surface area contributed by atoms with E-state index in [-0.39, 0.29) is 11.8 Å². The van der Waals surface area contributed by atoms with Crippen molar-refractivity contribution in [3.05, 3.63) is 0 Å². The molecule has 1 unspecified atom stereocenters. The number of piperidine rings is 1. The highest BCUT2D eigenvalue weighted by Gasteiger charge is 2.28. The maximum atomic E-state index is 12.4. The third kappa shape index (κ3) is 4.95. The Balaban J connectivity index is 1.77. The van der Waals surface area contributed by atoms with Crippen molar-refractivity contribution in [1.29, 1.82) is 0 Å². The summed E-state index contributed by atoms with van der Waals surface area (Å²) < 4.78 is 5.04. The maximum absolute atomic E-state index is 12.4. The normalized spacial score (nSPS) is 22.7. The topological polar surface area (TPSA) is 53.1 Å². The van der Waals surface area contributed by atoms with Crippen LogP contribution in [-0.4, -0.2) is 86.5 Å². The van der Waals surface area contributed by atoms with Crippen molar-refractivity contribution in [2.75, 3.05) is 60.0 Å². The SMILES string of the molecule is COCCN(C)CC(=O)N1CCCC(CN2CCCC2=O)C1. The predicted octanol–water partition coefficient (Wildman–Crippen LogP) is 0.426. The van der Waals surface area contributed by atoms with Crippen LogP contribution in [0.4, 0.5) is 0 Å². The summed E-state index contributed by atoms with van der Waals surface area (Å²) in [5.41, 5.74) is 0. The first-order valence-corrected chi connectivity index (χ1v) is 8.33. The molecule has 22 heavy (non-hydrogen) atoms. The van der Waals surface area contributed by atoms with E-state index in [0.29, 0.717) is 25.5 Å². The highest BCUT2D eigenvalue weighted by Crippen LogP contribution is 2.20. The van der Waals surface area contributed by atoms with Crippen LogP contribution in [0.2, 0.25) is 0 Å². The summed E-state index contributed by atoms with van der Waals surface area (Å²) in [5, 5.41) is 0. The third-order valence-corrected chi connectivity index (χ3v) is 4.60. The van der Waals surface area contributed by atoms with Crippen molar-refractivity contribution in [3.63, 3.8) is 0 Å². The maximum Gasteiger partial charge on any atom is 0.236 e. The van der Waals surface area contributed by atoms with E-state index in [2.05, 4.69) is 0 Å². The molecule has 0 spiro atoms. The second-order valence-electron chi connectivity index (χ2n) is 6.52. The molecule has 0 radical (unpaired) electrons. The van der Waals surface area contributed by atoms with Crippen LogP contribution in [0, 0.1) is 5.92 Å². The molecule has 0 bridgehead atoms. The molecule has 126 valence electrons. The van der Waals surface area contributed by atoms with E-state index >= 15 is 0 Å². The molecule has 2 fully saturated rings. The predicted molar refractivity (Wildman–Crippen MR) is 84.5 cm³/mol. The van der Waals surface area contributed by atoms with E-state index in [1.165, 1.54) is 0 Å². The average molecular weight is 311 g/mol. The van der Waals surface area contributed by atoms with E-state index in [0.717, 1.165) is 52.0 Å². The van der Waals surface area contributed by atoms with Gasteiger partial charge in [-0.1, -0.05) is 0 Å². The monoisotopic (exact) mass is 311 g/mol. The molecular formula is C16H29N3O3. The summed E-state index contributed by atoms with van der Waals surface area (Å²) in [7, 11) is 3.62. The summed E-state index contributed by atoms with van der Waals surface area (Å²) >= 11 is 0. The summed E-state index contributed by atoms with van der Waals surface area (Å²) in [5.74, 6) is 0.905. The van der Waals surface area contributed by atoms with E-state index in [9.17, 15) is 9.59 Å². The molecule has 0 aliphatic carbocycles. The third-order valence-electron chi connectivity index (χ3n) is 4.60. The number of carbonyl (C=O) groups is 2. The van der Waals surface area contributed by atoms with Gasteiger partial charge in [0.2, 0.25) is 11.8 Å². The number of nitrogens with zero attached hydrogens (tertiary/aromatic N) is 3. The van der Waals surface area contributed by atoms with Gasteiger partial charge >= 0.3 is 0 Å². The van der Waals surface area contributed by atoms with Crippen LogP contribution in [-0.2, 0) is 14.3 Å². The van der Waals surface area contributed by atoms with Crippen molar-refractivity contribution in [3.8, 4) is 0 Å². The van der Waals surface area contributed by atoms with E-state index in [1.807, 2.05) is 21.7 Å². The Hall–Kier alpha value is -1.14. The number of hydrogen-bond acceptors (Lipinski definition) is 4. The van der Waals surface area contributed by atoms with Crippen LogP contribution >= 0.6 is 0 Å². The van der Waals surface area contributed by atoms with Crippen molar-refractivity contribution in [2.24, 2.45) is 5.92 Å². The van der Waals surface area contributed by atoms with Crippen molar-refractivity contribution < 1.29 is 14.3 Å². The van der Waals surface area contributed by atoms with Gasteiger partial charge in [-0.25, -0.2) is 0 Å². The molecule has 2 rings (SSSR count). The van der Waals surface area contributed by atoms with Gasteiger partial charge in [0.1, 0.15) is 0 Å². The molecular weight excluding hydrogens is 282 g/mol. The standard InChI is InChI=1S/C16H29N3O3/c1-17(9-10-22-2)13-16(21)19-7-3-5-14(12-19)11-18-8-4-6-15(18)20/h14H,3-13H2,1-2H3. The molecule has 6 heteroatoms. The summed E-state index contributed by atoms with van der Waals surface area (Å²) in [4.78, 5) is 30.1. The van der Waals surface area contributed by atoms with Crippen LogP contribution in [0.15, 0.2) is 0 Å².